The maximum atomic E-state index is 9.12. The molecule has 30 heavy (non-hydrogen) atoms. The maximum Gasteiger partial charge on any atom is 0.129 e. The van der Waals surface area contributed by atoms with Crippen LogP contribution >= 0.6 is 0 Å². The fraction of sp³-hybridized carbons (Fsp3) is 0.318. The van der Waals surface area contributed by atoms with Crippen LogP contribution in [0.25, 0.3) is 11.1 Å². The summed E-state index contributed by atoms with van der Waals surface area (Å²) in [6, 6.07) is 9.55. The first-order valence-corrected chi connectivity index (χ1v) is 10.1. The lowest BCUT2D eigenvalue weighted by atomic mass is 9.97. The molecule has 1 saturated heterocycles. The second kappa shape index (κ2) is 8.64. The maximum absolute atomic E-state index is 9.12. The first kappa shape index (κ1) is 20.1. The second-order valence-electron chi connectivity index (χ2n) is 7.53. The number of nitrogens with two attached hydrogens (primary N) is 1. The van der Waals surface area contributed by atoms with Crippen LogP contribution < -0.4 is 10.6 Å². The third-order valence-electron chi connectivity index (χ3n) is 5.51. The minimum Gasteiger partial charge on any atom is -0.398 e. The van der Waals surface area contributed by atoms with Crippen LogP contribution in [0.3, 0.4) is 0 Å². The molecule has 0 unspecified atom stereocenters. The molecule has 1 aromatic carbocycles. The molecule has 4 N–H and O–H groups in total. The summed E-state index contributed by atoms with van der Waals surface area (Å²) in [5.41, 5.74) is 10.6. The number of β-amino-alcohol motifs (C(OH)–C–C–N with tert-alkyl or cyclic N) is 1. The third-order valence-corrected chi connectivity index (χ3v) is 5.51. The van der Waals surface area contributed by atoms with Crippen molar-refractivity contribution in [1.29, 1.82) is 5.41 Å². The Balaban J connectivity index is 1.56. The number of rotatable bonds is 6. The van der Waals surface area contributed by atoms with E-state index in [-0.39, 0.29) is 6.61 Å². The van der Waals surface area contributed by atoms with Crippen molar-refractivity contribution >= 4 is 17.2 Å². The van der Waals surface area contributed by atoms with Gasteiger partial charge in [0.2, 0.25) is 0 Å². The van der Waals surface area contributed by atoms with Gasteiger partial charge in [-0.15, -0.1) is 0 Å². The molecular formula is C22H27N7O. The van der Waals surface area contributed by atoms with Crippen LogP contribution in [0.5, 0.6) is 0 Å². The Labute approximate surface area is 176 Å². The number of hydrogen-bond donors (Lipinski definition) is 3. The van der Waals surface area contributed by atoms with Crippen LogP contribution in [0.1, 0.15) is 11.1 Å². The Morgan fingerprint density at radius 2 is 1.93 bits per heavy atom. The molecular weight excluding hydrogens is 378 g/mol. The zero-order valence-electron chi connectivity index (χ0n) is 17.1. The highest BCUT2D eigenvalue weighted by atomic mass is 16.3. The van der Waals surface area contributed by atoms with Gasteiger partial charge < -0.3 is 15.7 Å². The normalized spacial score (nSPS) is 14.8. The fourth-order valence-corrected chi connectivity index (χ4v) is 3.77. The minimum atomic E-state index is 0.185. The van der Waals surface area contributed by atoms with Crippen molar-refractivity contribution in [2.75, 3.05) is 50.0 Å². The number of aryl methyl sites for hydroxylation is 1. The van der Waals surface area contributed by atoms with E-state index >= 15 is 0 Å². The van der Waals surface area contributed by atoms with E-state index in [1.165, 1.54) is 0 Å². The van der Waals surface area contributed by atoms with Gasteiger partial charge in [-0.3, -0.25) is 15.0 Å². The molecule has 8 heteroatoms. The predicted molar refractivity (Wildman–Crippen MR) is 119 cm³/mol. The van der Waals surface area contributed by atoms with E-state index < -0.39 is 0 Å². The first-order valence-electron chi connectivity index (χ1n) is 10.1. The van der Waals surface area contributed by atoms with Gasteiger partial charge in [-0.2, -0.15) is 5.10 Å². The van der Waals surface area contributed by atoms with E-state index in [1.54, 1.807) is 17.1 Å². The van der Waals surface area contributed by atoms with Gasteiger partial charge in [-0.25, -0.2) is 4.98 Å². The summed E-state index contributed by atoms with van der Waals surface area (Å²) in [5, 5.41) is 22.1. The molecule has 1 fully saturated rings. The first-order chi connectivity index (χ1) is 14.5. The summed E-state index contributed by atoms with van der Waals surface area (Å²) in [7, 11) is 1.88. The lowest BCUT2D eigenvalue weighted by Crippen LogP contribution is -2.47. The zero-order valence-corrected chi connectivity index (χ0v) is 17.1. The number of nitrogen functional groups attached to an aromatic ring is 1. The number of nitrogens with zero attached hydrogens (tertiary/aromatic N) is 5. The van der Waals surface area contributed by atoms with Crippen molar-refractivity contribution in [3.63, 3.8) is 0 Å². The molecule has 0 aliphatic carbocycles. The molecule has 1 aliphatic rings. The molecule has 156 valence electrons. The van der Waals surface area contributed by atoms with Crippen molar-refractivity contribution in [1.82, 2.24) is 19.7 Å². The third kappa shape index (κ3) is 4.19. The highest BCUT2D eigenvalue weighted by molar-refractivity contribution is 6.14. The number of piperazine rings is 1. The van der Waals surface area contributed by atoms with Crippen LogP contribution in [0.15, 0.2) is 48.9 Å². The van der Waals surface area contributed by atoms with E-state index in [9.17, 15) is 0 Å². The number of aliphatic hydroxyl groups excluding tert-OH is 1. The van der Waals surface area contributed by atoms with E-state index in [1.807, 2.05) is 43.6 Å². The SMILES string of the molecule is Cn1cc(-c2ccc(N)c(C(=N)c3ccnc(N4CCN(CCO)CC4)c3)c2)cn1. The Bertz CT molecular complexity index is 1040. The van der Waals surface area contributed by atoms with Crippen LogP contribution in [-0.4, -0.2) is 69.8 Å². The highest BCUT2D eigenvalue weighted by Gasteiger charge is 2.19. The molecule has 0 bridgehead atoms. The van der Waals surface area contributed by atoms with Crippen molar-refractivity contribution in [3.05, 3.63) is 60.0 Å². The summed E-state index contributed by atoms with van der Waals surface area (Å²) >= 11 is 0. The summed E-state index contributed by atoms with van der Waals surface area (Å²) in [6.07, 6.45) is 5.50. The molecule has 3 aromatic rings. The van der Waals surface area contributed by atoms with Gasteiger partial charge in [0, 0.05) is 74.5 Å². The average molecular weight is 406 g/mol. The summed E-state index contributed by atoms with van der Waals surface area (Å²) in [5.74, 6) is 0.864. The Morgan fingerprint density at radius 1 is 1.13 bits per heavy atom. The molecule has 2 aromatic heterocycles. The molecule has 0 amide bonds. The molecule has 0 spiro atoms. The molecule has 8 nitrogen and oxygen atoms in total. The van der Waals surface area contributed by atoms with Crippen LogP contribution in [-0.2, 0) is 7.05 Å². The quantitative estimate of drug-likeness (QED) is 0.425. The number of benzene rings is 1. The molecule has 4 rings (SSSR count). The predicted octanol–water partition coefficient (Wildman–Crippen LogP) is 1.59. The van der Waals surface area contributed by atoms with Gasteiger partial charge in [-0.05, 0) is 29.8 Å². The van der Waals surface area contributed by atoms with Gasteiger partial charge in [0.1, 0.15) is 5.82 Å². The van der Waals surface area contributed by atoms with Gasteiger partial charge in [0.05, 0.1) is 18.5 Å². The van der Waals surface area contributed by atoms with E-state index in [4.69, 9.17) is 16.2 Å². The summed E-state index contributed by atoms with van der Waals surface area (Å²) < 4.78 is 1.76. The Kier molecular flexibility index (Phi) is 5.78. The van der Waals surface area contributed by atoms with Gasteiger partial charge >= 0.3 is 0 Å². The van der Waals surface area contributed by atoms with Crippen molar-refractivity contribution in [2.24, 2.45) is 7.05 Å². The molecule has 3 heterocycles. The number of pyridine rings is 1. The monoisotopic (exact) mass is 405 g/mol. The van der Waals surface area contributed by atoms with E-state index in [0.717, 1.165) is 48.7 Å². The van der Waals surface area contributed by atoms with E-state index in [0.29, 0.717) is 23.5 Å². The smallest absolute Gasteiger partial charge is 0.129 e. The van der Waals surface area contributed by atoms with Crippen LogP contribution in [0, 0.1) is 5.41 Å². The van der Waals surface area contributed by atoms with Crippen LogP contribution in [0.2, 0.25) is 0 Å². The number of aromatic nitrogens is 3. The lowest BCUT2D eigenvalue weighted by Gasteiger charge is -2.35. The Hall–Kier alpha value is -3.23. The van der Waals surface area contributed by atoms with Crippen molar-refractivity contribution in [2.45, 2.75) is 0 Å². The molecule has 0 saturated carbocycles. The summed E-state index contributed by atoms with van der Waals surface area (Å²) in [6.45, 7) is 4.38. The van der Waals surface area contributed by atoms with Gasteiger partial charge in [0.15, 0.2) is 0 Å². The zero-order chi connectivity index (χ0) is 21.1. The van der Waals surface area contributed by atoms with Crippen molar-refractivity contribution < 1.29 is 5.11 Å². The fourth-order valence-electron chi connectivity index (χ4n) is 3.77. The second-order valence-corrected chi connectivity index (χ2v) is 7.53. The average Bonchev–Trinajstić information content (AvgIpc) is 3.21. The lowest BCUT2D eigenvalue weighted by molar-refractivity contribution is 0.188. The number of nitrogens with one attached hydrogen (secondary N) is 1. The summed E-state index contributed by atoms with van der Waals surface area (Å²) in [4.78, 5) is 8.98. The van der Waals surface area contributed by atoms with Crippen LogP contribution in [0.4, 0.5) is 11.5 Å². The molecule has 0 atom stereocenters. The topological polar surface area (TPSA) is 107 Å². The number of hydrogen-bond acceptors (Lipinski definition) is 7. The van der Waals surface area contributed by atoms with Crippen molar-refractivity contribution in [3.8, 4) is 11.1 Å². The standard InChI is InChI=1S/C22H27N7O/c1-27-15-18(14-26-27)16-2-3-20(23)19(12-16)22(24)17-4-5-25-21(13-17)29-8-6-28(7-9-29)10-11-30/h2-5,12-15,24,30H,6-11,23H2,1H3. The number of aliphatic hydroxyl groups is 1. The minimum absolute atomic E-state index is 0.185. The molecule has 0 radical (unpaired) electrons. The largest absolute Gasteiger partial charge is 0.398 e. The van der Waals surface area contributed by atoms with Gasteiger partial charge in [-0.1, -0.05) is 6.07 Å². The number of anilines is 2. The Morgan fingerprint density at radius 3 is 2.63 bits per heavy atom. The van der Waals surface area contributed by atoms with Gasteiger partial charge in [0.25, 0.3) is 0 Å². The molecule has 1 aliphatic heterocycles. The van der Waals surface area contributed by atoms with E-state index in [2.05, 4.69) is 19.9 Å². The highest BCUT2D eigenvalue weighted by Crippen LogP contribution is 2.26.